The molecule has 2 aromatic carbocycles. The first-order valence-corrected chi connectivity index (χ1v) is 5.43. The third kappa shape index (κ3) is 2.38. The largest absolute Gasteiger partial charge is 0.397 e. The van der Waals surface area contributed by atoms with Crippen LogP contribution >= 0.6 is 0 Å². The maximum Gasteiger partial charge on any atom is 0.125 e. The molecule has 0 atom stereocenters. The molecule has 0 radical (unpaired) electrons. The van der Waals surface area contributed by atoms with Crippen LogP contribution in [0.2, 0.25) is 0 Å². The van der Waals surface area contributed by atoms with Gasteiger partial charge in [-0.15, -0.1) is 0 Å². The number of hydrogen-bond donors (Lipinski definition) is 1. The molecule has 3 heteroatoms. The number of hydrogen-bond acceptors (Lipinski definition) is 2. The molecule has 0 fully saturated rings. The van der Waals surface area contributed by atoms with Crippen molar-refractivity contribution in [3.8, 4) is 0 Å². The van der Waals surface area contributed by atoms with Crippen molar-refractivity contribution in [3.63, 3.8) is 0 Å². The predicted molar refractivity (Wildman–Crippen MR) is 70.1 cm³/mol. The van der Waals surface area contributed by atoms with Crippen molar-refractivity contribution in [1.29, 1.82) is 0 Å². The van der Waals surface area contributed by atoms with Gasteiger partial charge >= 0.3 is 0 Å². The van der Waals surface area contributed by atoms with E-state index in [-0.39, 0.29) is 5.82 Å². The molecular weight excluding hydrogens is 215 g/mol. The van der Waals surface area contributed by atoms with Crippen LogP contribution in [-0.2, 0) is 0 Å². The third-order valence-electron chi connectivity index (χ3n) is 2.78. The molecule has 0 amide bonds. The monoisotopic (exact) mass is 230 g/mol. The van der Waals surface area contributed by atoms with Gasteiger partial charge in [-0.25, -0.2) is 4.39 Å². The predicted octanol–water partition coefficient (Wildman–Crippen LogP) is 3.48. The van der Waals surface area contributed by atoms with Gasteiger partial charge < -0.3 is 10.6 Å². The van der Waals surface area contributed by atoms with Gasteiger partial charge in [-0.1, -0.05) is 17.7 Å². The van der Waals surface area contributed by atoms with Gasteiger partial charge in [0, 0.05) is 12.7 Å². The van der Waals surface area contributed by atoms with Crippen LogP contribution in [0, 0.1) is 12.7 Å². The van der Waals surface area contributed by atoms with E-state index in [2.05, 4.69) is 0 Å². The van der Waals surface area contributed by atoms with Gasteiger partial charge in [0.15, 0.2) is 0 Å². The van der Waals surface area contributed by atoms with Crippen LogP contribution in [0.25, 0.3) is 0 Å². The molecule has 2 rings (SSSR count). The summed E-state index contributed by atoms with van der Waals surface area (Å²) < 4.78 is 13.2. The van der Waals surface area contributed by atoms with Crippen molar-refractivity contribution in [2.45, 2.75) is 6.92 Å². The third-order valence-corrected chi connectivity index (χ3v) is 2.78. The summed E-state index contributed by atoms with van der Waals surface area (Å²) >= 11 is 0. The van der Waals surface area contributed by atoms with Crippen molar-refractivity contribution in [2.24, 2.45) is 0 Å². The molecule has 0 aliphatic heterocycles. The van der Waals surface area contributed by atoms with E-state index in [1.165, 1.54) is 17.7 Å². The zero-order valence-electron chi connectivity index (χ0n) is 9.94. The average Bonchev–Trinajstić information content (AvgIpc) is 2.32. The molecule has 2 nitrogen and oxygen atoms in total. The Morgan fingerprint density at radius 2 is 1.71 bits per heavy atom. The first-order chi connectivity index (χ1) is 8.08. The minimum Gasteiger partial charge on any atom is -0.397 e. The summed E-state index contributed by atoms with van der Waals surface area (Å²) in [6.45, 7) is 2.03. The lowest BCUT2D eigenvalue weighted by Crippen LogP contribution is -2.11. The Morgan fingerprint density at radius 3 is 2.35 bits per heavy atom. The first kappa shape index (κ1) is 11.5. The summed E-state index contributed by atoms with van der Waals surface area (Å²) in [4.78, 5) is 1.87. The quantitative estimate of drug-likeness (QED) is 0.800. The van der Waals surface area contributed by atoms with Gasteiger partial charge in [0.25, 0.3) is 0 Å². The highest BCUT2D eigenvalue weighted by atomic mass is 19.1. The van der Waals surface area contributed by atoms with Crippen LogP contribution in [0.5, 0.6) is 0 Å². The van der Waals surface area contributed by atoms with Gasteiger partial charge in [0.1, 0.15) is 5.82 Å². The van der Waals surface area contributed by atoms with E-state index >= 15 is 0 Å². The van der Waals surface area contributed by atoms with Crippen LogP contribution in [0.15, 0.2) is 42.5 Å². The smallest absolute Gasteiger partial charge is 0.125 e. The van der Waals surface area contributed by atoms with Gasteiger partial charge in [-0.2, -0.15) is 0 Å². The molecule has 0 bridgehead atoms. The second-order valence-electron chi connectivity index (χ2n) is 4.10. The van der Waals surface area contributed by atoms with E-state index < -0.39 is 0 Å². The van der Waals surface area contributed by atoms with E-state index in [1.54, 1.807) is 6.07 Å². The van der Waals surface area contributed by atoms with Gasteiger partial charge in [0.2, 0.25) is 0 Å². The maximum absolute atomic E-state index is 13.2. The molecule has 2 N–H and O–H groups in total. The minimum atomic E-state index is -0.284. The SMILES string of the molecule is Cc1ccc(N(C)c2cc(F)ccc2N)cc1. The summed E-state index contributed by atoms with van der Waals surface area (Å²) in [5.74, 6) is -0.284. The Balaban J connectivity index is 2.39. The Bertz CT molecular complexity index is 520. The molecular formula is C14H15FN2. The average molecular weight is 230 g/mol. The van der Waals surface area contributed by atoms with Gasteiger partial charge in [0.05, 0.1) is 11.4 Å². The maximum atomic E-state index is 13.2. The molecule has 0 unspecified atom stereocenters. The Morgan fingerprint density at radius 1 is 1.06 bits per heavy atom. The molecule has 0 saturated carbocycles. The second kappa shape index (κ2) is 4.45. The highest BCUT2D eigenvalue weighted by Crippen LogP contribution is 2.29. The number of halogens is 1. The highest BCUT2D eigenvalue weighted by molar-refractivity contribution is 5.74. The van der Waals surface area contributed by atoms with Crippen LogP contribution in [0.4, 0.5) is 21.5 Å². The van der Waals surface area contributed by atoms with E-state index in [1.807, 2.05) is 43.1 Å². The minimum absolute atomic E-state index is 0.284. The molecule has 0 spiro atoms. The van der Waals surface area contributed by atoms with Crippen LogP contribution in [-0.4, -0.2) is 7.05 Å². The van der Waals surface area contributed by atoms with Crippen molar-refractivity contribution < 1.29 is 4.39 Å². The summed E-state index contributed by atoms with van der Waals surface area (Å²) in [7, 11) is 1.87. The lowest BCUT2D eigenvalue weighted by atomic mass is 10.2. The van der Waals surface area contributed by atoms with Crippen LogP contribution in [0.3, 0.4) is 0 Å². The second-order valence-corrected chi connectivity index (χ2v) is 4.10. The number of anilines is 3. The van der Waals surface area contributed by atoms with Crippen LogP contribution in [0.1, 0.15) is 5.56 Å². The number of aryl methyl sites for hydroxylation is 1. The van der Waals surface area contributed by atoms with Gasteiger partial charge in [-0.05, 0) is 37.3 Å². The van der Waals surface area contributed by atoms with E-state index in [0.29, 0.717) is 11.4 Å². The topological polar surface area (TPSA) is 29.3 Å². The summed E-state index contributed by atoms with van der Waals surface area (Å²) in [5.41, 5.74) is 9.26. The standard InChI is InChI=1S/C14H15FN2/c1-10-3-6-12(7-4-10)17(2)14-9-11(15)5-8-13(14)16/h3-9H,16H2,1-2H3. The molecule has 0 aromatic heterocycles. The van der Waals surface area contributed by atoms with Crippen molar-refractivity contribution in [2.75, 3.05) is 17.7 Å². The number of nitrogen functional groups attached to an aromatic ring is 1. The molecule has 17 heavy (non-hydrogen) atoms. The molecule has 0 aliphatic carbocycles. The van der Waals surface area contributed by atoms with E-state index in [0.717, 1.165) is 5.69 Å². The molecule has 2 aromatic rings. The number of nitrogens with two attached hydrogens (primary N) is 1. The first-order valence-electron chi connectivity index (χ1n) is 5.43. The fourth-order valence-electron chi connectivity index (χ4n) is 1.71. The molecule has 0 heterocycles. The van der Waals surface area contributed by atoms with Gasteiger partial charge in [-0.3, -0.25) is 0 Å². The Kier molecular flexibility index (Phi) is 3.00. The Hall–Kier alpha value is -2.03. The fraction of sp³-hybridized carbons (Fsp3) is 0.143. The normalized spacial score (nSPS) is 10.3. The number of rotatable bonds is 2. The van der Waals surface area contributed by atoms with Crippen molar-refractivity contribution >= 4 is 17.1 Å². The van der Waals surface area contributed by atoms with Crippen molar-refractivity contribution in [3.05, 3.63) is 53.8 Å². The molecule has 0 saturated heterocycles. The van der Waals surface area contributed by atoms with E-state index in [9.17, 15) is 4.39 Å². The zero-order chi connectivity index (χ0) is 12.4. The van der Waals surface area contributed by atoms with Crippen molar-refractivity contribution in [1.82, 2.24) is 0 Å². The molecule has 88 valence electrons. The summed E-state index contributed by atoms with van der Waals surface area (Å²) in [6, 6.07) is 12.4. The lowest BCUT2D eigenvalue weighted by Gasteiger charge is -2.21. The van der Waals surface area contributed by atoms with E-state index in [4.69, 9.17) is 5.73 Å². The Labute approximate surface area is 100 Å². The molecule has 0 aliphatic rings. The number of benzene rings is 2. The summed E-state index contributed by atoms with van der Waals surface area (Å²) in [6.07, 6.45) is 0. The fourth-order valence-corrected chi connectivity index (χ4v) is 1.71. The zero-order valence-corrected chi connectivity index (χ0v) is 9.94. The van der Waals surface area contributed by atoms with Crippen LogP contribution < -0.4 is 10.6 Å². The lowest BCUT2D eigenvalue weighted by molar-refractivity contribution is 0.628. The summed E-state index contributed by atoms with van der Waals surface area (Å²) in [5, 5.41) is 0. The highest BCUT2D eigenvalue weighted by Gasteiger charge is 2.08. The number of nitrogens with zero attached hydrogens (tertiary/aromatic N) is 1.